The van der Waals surface area contributed by atoms with E-state index < -0.39 is 17.8 Å². The molecule has 0 radical (unpaired) electrons. The lowest BCUT2D eigenvalue weighted by Gasteiger charge is -2.10. The molecule has 3 aliphatic rings. The van der Waals surface area contributed by atoms with Crippen LogP contribution in [0.25, 0.3) is 0 Å². The first kappa shape index (κ1) is 52.1. The molecule has 0 bridgehead atoms. The van der Waals surface area contributed by atoms with Crippen LogP contribution in [0.1, 0.15) is 84.5 Å². The van der Waals surface area contributed by atoms with Crippen molar-refractivity contribution >= 4 is 35.1 Å². The molecule has 0 aliphatic carbocycles. The van der Waals surface area contributed by atoms with Crippen molar-refractivity contribution in [1.82, 2.24) is 31.9 Å². The molecular weight excluding hydrogens is 882 g/mol. The van der Waals surface area contributed by atoms with E-state index in [0.29, 0.717) is 17.1 Å². The predicted molar refractivity (Wildman–Crippen MR) is 262 cm³/mol. The third kappa shape index (κ3) is 18.2. The van der Waals surface area contributed by atoms with Gasteiger partial charge in [0.25, 0.3) is 0 Å². The first-order chi connectivity index (χ1) is 31.6. The first-order valence-electron chi connectivity index (χ1n) is 21.7. The summed E-state index contributed by atoms with van der Waals surface area (Å²) in [6.07, 6.45) is 9.81. The van der Waals surface area contributed by atoms with Crippen molar-refractivity contribution in [2.24, 2.45) is 0 Å². The van der Waals surface area contributed by atoms with E-state index in [0.717, 1.165) is 91.4 Å². The maximum atomic E-state index is 13.0. The Kier molecular flexibility index (Phi) is 21.4. The molecule has 0 spiro atoms. The van der Waals surface area contributed by atoms with Gasteiger partial charge in [0.2, 0.25) is 0 Å². The Hall–Kier alpha value is -6.50. The topological polar surface area (TPSA) is 147 Å². The number of nitrogens with one attached hydrogen (secondary N) is 6. The molecule has 8 rings (SSSR count). The van der Waals surface area contributed by atoms with Gasteiger partial charge < -0.3 is 42.1 Å². The second-order valence-corrected chi connectivity index (χ2v) is 16.5. The maximum Gasteiger partial charge on any atom is 0.336 e. The molecule has 5 aromatic carbocycles. The van der Waals surface area contributed by atoms with Crippen molar-refractivity contribution in [3.05, 3.63) is 210 Å². The summed E-state index contributed by atoms with van der Waals surface area (Å²) in [7, 11) is 0. The van der Waals surface area contributed by atoms with Gasteiger partial charge in [-0.3, -0.25) is 0 Å². The standard InChI is InChI=1S/C12H15ClN2.C12H15FN2.C12H16N2.C8H7ClO2.C8H7FO2/c2*1-9-4-5-11(13)7-10(9)8-15-12-3-2-6-14-12;1-10-5-2-3-6-11(10)9-14-12-7-4-8-13-12;2*1-5-2-3-6(9)4-7(5)8(10)11/h2*3-5,7,14-15H,2,6,8H2,1H3;2-3,5-7,13-14H,4,8-9H2,1H3;2*2-4H,1H3,(H,10,11). The number of rotatable bonds is 11. The molecule has 0 fully saturated rings. The highest BCUT2D eigenvalue weighted by Gasteiger charge is 2.09. The van der Waals surface area contributed by atoms with Crippen LogP contribution in [-0.2, 0) is 19.6 Å². The van der Waals surface area contributed by atoms with E-state index in [9.17, 15) is 18.4 Å². The Balaban J connectivity index is 0.000000182. The zero-order valence-corrected chi connectivity index (χ0v) is 39.6. The number of benzene rings is 5. The fraction of sp³-hybridized carbons (Fsp3) is 0.269. The van der Waals surface area contributed by atoms with E-state index in [4.69, 9.17) is 33.4 Å². The molecule has 5 aromatic rings. The van der Waals surface area contributed by atoms with Crippen LogP contribution < -0.4 is 31.9 Å². The van der Waals surface area contributed by atoms with Crippen LogP contribution in [0, 0.1) is 46.3 Å². The summed E-state index contributed by atoms with van der Waals surface area (Å²) in [6, 6.07) is 27.8. The fourth-order valence-corrected chi connectivity index (χ4v) is 6.95. The van der Waals surface area contributed by atoms with E-state index in [1.807, 2.05) is 25.1 Å². The Morgan fingerprint density at radius 2 is 0.879 bits per heavy atom. The second-order valence-electron chi connectivity index (χ2n) is 15.7. The van der Waals surface area contributed by atoms with Gasteiger partial charge in [-0.25, -0.2) is 18.4 Å². The van der Waals surface area contributed by atoms with Crippen LogP contribution in [0.5, 0.6) is 0 Å². The van der Waals surface area contributed by atoms with Gasteiger partial charge in [-0.1, -0.05) is 71.7 Å². The number of hydrogen-bond donors (Lipinski definition) is 8. The quantitative estimate of drug-likeness (QED) is 0.0644. The van der Waals surface area contributed by atoms with E-state index in [2.05, 4.69) is 94.3 Å². The number of carbonyl (C=O) groups is 2. The Bertz CT molecular complexity index is 2370. The van der Waals surface area contributed by atoms with Crippen LogP contribution in [-0.4, -0.2) is 41.8 Å². The minimum atomic E-state index is -1.10. The highest BCUT2D eigenvalue weighted by atomic mass is 35.5. The highest BCUT2D eigenvalue weighted by Crippen LogP contribution is 2.17. The van der Waals surface area contributed by atoms with Gasteiger partial charge in [0.05, 0.1) is 28.6 Å². The molecule has 8 N–H and O–H groups in total. The number of halogens is 4. The van der Waals surface area contributed by atoms with Crippen LogP contribution in [0.15, 0.2) is 133 Å². The summed E-state index contributed by atoms with van der Waals surface area (Å²) < 4.78 is 25.4. The largest absolute Gasteiger partial charge is 0.478 e. The van der Waals surface area contributed by atoms with Crippen LogP contribution in [0.3, 0.4) is 0 Å². The smallest absolute Gasteiger partial charge is 0.336 e. The molecule has 350 valence electrons. The summed E-state index contributed by atoms with van der Waals surface area (Å²) in [5.41, 5.74) is 8.92. The van der Waals surface area contributed by atoms with Crippen molar-refractivity contribution in [1.29, 1.82) is 0 Å². The van der Waals surface area contributed by atoms with Gasteiger partial charge in [-0.05, 0) is 165 Å². The zero-order chi connectivity index (χ0) is 48.0. The van der Waals surface area contributed by atoms with Crippen LogP contribution >= 0.6 is 23.2 Å². The van der Waals surface area contributed by atoms with E-state index >= 15 is 0 Å². The zero-order valence-electron chi connectivity index (χ0n) is 38.1. The number of carboxylic acids is 2. The van der Waals surface area contributed by atoms with E-state index in [1.54, 1.807) is 32.0 Å². The van der Waals surface area contributed by atoms with Gasteiger partial charge in [-0.2, -0.15) is 0 Å². The molecule has 0 unspecified atom stereocenters. The van der Waals surface area contributed by atoms with Gasteiger partial charge in [0.1, 0.15) is 11.6 Å². The van der Waals surface area contributed by atoms with Gasteiger partial charge in [-0.15, -0.1) is 0 Å². The molecule has 3 heterocycles. The number of carboxylic acid groups (broad SMARTS) is 2. The average Bonchev–Trinajstić information content (AvgIpc) is 4.13. The van der Waals surface area contributed by atoms with E-state index in [1.165, 1.54) is 52.3 Å². The normalized spacial score (nSPS) is 13.0. The van der Waals surface area contributed by atoms with Crippen molar-refractivity contribution < 1.29 is 28.6 Å². The lowest BCUT2D eigenvalue weighted by molar-refractivity contribution is 0.0685. The molecule has 0 saturated heterocycles. The van der Waals surface area contributed by atoms with Crippen molar-refractivity contribution in [2.75, 3.05) is 19.6 Å². The number of aryl methyl sites for hydroxylation is 5. The van der Waals surface area contributed by atoms with Gasteiger partial charge in [0.15, 0.2) is 0 Å². The Morgan fingerprint density at radius 1 is 0.500 bits per heavy atom. The summed E-state index contributed by atoms with van der Waals surface area (Å²) in [4.78, 5) is 20.9. The summed E-state index contributed by atoms with van der Waals surface area (Å²) in [5.74, 6) is 0.632. The van der Waals surface area contributed by atoms with Crippen LogP contribution in [0.2, 0.25) is 10.0 Å². The molecule has 66 heavy (non-hydrogen) atoms. The second kappa shape index (κ2) is 27.1. The lowest BCUT2D eigenvalue weighted by Crippen LogP contribution is -2.22. The SMILES string of the molecule is Cc1ccc(Cl)cc1C(=O)O.Cc1ccc(Cl)cc1CNC1=CCCN1.Cc1ccc(F)cc1C(=O)O.Cc1ccc(F)cc1CNC1=CCCN1.Cc1ccccc1CNC1=CCCN1. The maximum absolute atomic E-state index is 13.0. The first-order valence-corrected chi connectivity index (χ1v) is 22.4. The Labute approximate surface area is 397 Å². The number of hydrogen-bond acceptors (Lipinski definition) is 8. The van der Waals surface area contributed by atoms with Gasteiger partial charge >= 0.3 is 11.9 Å². The molecule has 14 heteroatoms. The molecule has 0 saturated carbocycles. The average molecular weight is 942 g/mol. The highest BCUT2D eigenvalue weighted by molar-refractivity contribution is 6.31. The minimum Gasteiger partial charge on any atom is -0.478 e. The molecule has 0 amide bonds. The molecule has 0 aromatic heterocycles. The molecule has 0 atom stereocenters. The molecular formula is C52H60Cl2F2N6O4. The van der Waals surface area contributed by atoms with Crippen molar-refractivity contribution in [2.45, 2.75) is 73.5 Å². The third-order valence-electron chi connectivity index (χ3n) is 10.6. The van der Waals surface area contributed by atoms with Crippen molar-refractivity contribution in [3.8, 4) is 0 Å². The summed E-state index contributed by atoms with van der Waals surface area (Å²) >= 11 is 11.6. The third-order valence-corrected chi connectivity index (χ3v) is 11.0. The summed E-state index contributed by atoms with van der Waals surface area (Å²) in [5, 5.41) is 38.2. The Morgan fingerprint density at radius 3 is 1.32 bits per heavy atom. The molecule has 10 nitrogen and oxygen atoms in total. The summed E-state index contributed by atoms with van der Waals surface area (Å²) in [6.45, 7) is 15.1. The fourth-order valence-electron chi connectivity index (χ4n) is 6.58. The number of aromatic carboxylic acids is 2. The van der Waals surface area contributed by atoms with E-state index in [-0.39, 0.29) is 16.9 Å². The molecule has 3 aliphatic heterocycles. The predicted octanol–water partition coefficient (Wildman–Crippen LogP) is 10.7. The lowest BCUT2D eigenvalue weighted by atomic mass is 10.1. The minimum absolute atomic E-state index is 0.0185. The monoisotopic (exact) mass is 940 g/mol. The van der Waals surface area contributed by atoms with Crippen molar-refractivity contribution in [3.63, 3.8) is 0 Å². The van der Waals surface area contributed by atoms with Crippen LogP contribution in [0.4, 0.5) is 8.78 Å². The van der Waals surface area contributed by atoms with Gasteiger partial charge in [0, 0.05) is 49.3 Å².